The Bertz CT molecular complexity index is 235. The molecule has 2 fully saturated rings. The zero-order valence-electron chi connectivity index (χ0n) is 9.87. The third-order valence-electron chi connectivity index (χ3n) is 3.43. The van der Waals surface area contributed by atoms with Gasteiger partial charge < -0.3 is 20.3 Å². The van der Waals surface area contributed by atoms with Crippen LogP contribution in [0.15, 0.2) is 0 Å². The van der Waals surface area contributed by atoms with Crippen molar-refractivity contribution in [2.45, 2.75) is 31.3 Å². The summed E-state index contributed by atoms with van der Waals surface area (Å²) in [6, 6.07) is 0.627. The van der Waals surface area contributed by atoms with Crippen LogP contribution in [-0.4, -0.2) is 56.4 Å². The molecule has 0 aromatic carbocycles. The molecule has 0 spiro atoms. The number of ether oxygens (including phenoxy) is 1. The van der Waals surface area contributed by atoms with E-state index in [1.165, 1.54) is 0 Å². The zero-order valence-corrected chi connectivity index (χ0v) is 9.87. The number of rotatable bonds is 2. The predicted molar refractivity (Wildman–Crippen MR) is 61.4 cm³/mol. The Kier molecular flexibility index (Phi) is 4.01. The maximum Gasteiger partial charge on any atom is 0.317 e. The van der Waals surface area contributed by atoms with Gasteiger partial charge in [0.1, 0.15) is 0 Å². The van der Waals surface area contributed by atoms with Crippen molar-refractivity contribution in [1.29, 1.82) is 0 Å². The minimum atomic E-state index is 0.0439. The van der Waals surface area contributed by atoms with Crippen LogP contribution in [0.5, 0.6) is 0 Å². The highest BCUT2D eigenvalue weighted by Crippen LogP contribution is 2.11. The quantitative estimate of drug-likeness (QED) is 0.707. The first-order valence-electron chi connectivity index (χ1n) is 6.09. The van der Waals surface area contributed by atoms with Gasteiger partial charge in [-0.25, -0.2) is 4.79 Å². The van der Waals surface area contributed by atoms with Gasteiger partial charge >= 0.3 is 6.03 Å². The molecule has 1 unspecified atom stereocenters. The van der Waals surface area contributed by atoms with Gasteiger partial charge in [0.15, 0.2) is 0 Å². The molecule has 0 aliphatic carbocycles. The molecule has 1 atom stereocenters. The molecule has 2 aliphatic heterocycles. The summed E-state index contributed by atoms with van der Waals surface area (Å²) in [5, 5.41) is 6.32. The number of hydrogen-bond acceptors (Lipinski definition) is 3. The van der Waals surface area contributed by atoms with E-state index >= 15 is 0 Å². The number of urea groups is 1. The minimum absolute atomic E-state index is 0.0439. The summed E-state index contributed by atoms with van der Waals surface area (Å²) in [5.41, 5.74) is 0. The average molecular weight is 227 g/mol. The molecule has 0 aromatic rings. The van der Waals surface area contributed by atoms with Crippen molar-refractivity contribution in [3.63, 3.8) is 0 Å². The highest BCUT2D eigenvalue weighted by atomic mass is 16.5. The summed E-state index contributed by atoms with van der Waals surface area (Å²) >= 11 is 0. The molecular weight excluding hydrogens is 206 g/mol. The van der Waals surface area contributed by atoms with Crippen molar-refractivity contribution < 1.29 is 9.53 Å². The normalized spacial score (nSPS) is 26.7. The maximum atomic E-state index is 11.9. The Hall–Kier alpha value is -0.810. The zero-order chi connectivity index (χ0) is 11.4. The molecule has 2 saturated heterocycles. The van der Waals surface area contributed by atoms with Gasteiger partial charge in [-0.1, -0.05) is 0 Å². The van der Waals surface area contributed by atoms with Crippen LogP contribution >= 0.6 is 0 Å². The SMILES string of the molecule is CN(C(=O)NC1CCOC1)C1CCNCC1. The molecule has 5 nitrogen and oxygen atoms in total. The lowest BCUT2D eigenvalue weighted by Gasteiger charge is -2.32. The van der Waals surface area contributed by atoms with Crippen LogP contribution in [0.3, 0.4) is 0 Å². The fraction of sp³-hybridized carbons (Fsp3) is 0.909. The largest absolute Gasteiger partial charge is 0.379 e. The topological polar surface area (TPSA) is 53.6 Å². The number of piperidine rings is 1. The van der Waals surface area contributed by atoms with Crippen LogP contribution < -0.4 is 10.6 Å². The van der Waals surface area contributed by atoms with Crippen molar-refractivity contribution in [1.82, 2.24) is 15.5 Å². The highest BCUT2D eigenvalue weighted by Gasteiger charge is 2.24. The van der Waals surface area contributed by atoms with E-state index < -0.39 is 0 Å². The van der Waals surface area contributed by atoms with Crippen molar-refractivity contribution in [2.24, 2.45) is 0 Å². The van der Waals surface area contributed by atoms with Crippen molar-refractivity contribution in [3.05, 3.63) is 0 Å². The van der Waals surface area contributed by atoms with Gasteiger partial charge in [-0.3, -0.25) is 0 Å². The van der Waals surface area contributed by atoms with E-state index in [4.69, 9.17) is 4.74 Å². The van der Waals surface area contributed by atoms with E-state index in [0.29, 0.717) is 12.6 Å². The van der Waals surface area contributed by atoms with E-state index in [-0.39, 0.29) is 12.1 Å². The molecule has 16 heavy (non-hydrogen) atoms. The van der Waals surface area contributed by atoms with E-state index in [0.717, 1.165) is 39.0 Å². The molecule has 0 saturated carbocycles. The Morgan fingerprint density at radius 2 is 2.12 bits per heavy atom. The van der Waals surface area contributed by atoms with Gasteiger partial charge in [-0.05, 0) is 32.4 Å². The van der Waals surface area contributed by atoms with Gasteiger partial charge in [0, 0.05) is 19.7 Å². The molecule has 2 N–H and O–H groups in total. The van der Waals surface area contributed by atoms with Gasteiger partial charge in [-0.2, -0.15) is 0 Å². The summed E-state index contributed by atoms with van der Waals surface area (Å²) in [6.45, 7) is 3.44. The van der Waals surface area contributed by atoms with Crippen LogP contribution in [0.1, 0.15) is 19.3 Å². The standard InChI is InChI=1S/C11H21N3O2/c1-14(10-2-5-12-6-3-10)11(15)13-9-4-7-16-8-9/h9-10,12H,2-8H2,1H3,(H,13,15). The molecule has 0 radical (unpaired) electrons. The summed E-state index contributed by atoms with van der Waals surface area (Å²) < 4.78 is 5.24. The number of nitrogens with one attached hydrogen (secondary N) is 2. The maximum absolute atomic E-state index is 11.9. The molecule has 0 bridgehead atoms. The second-order valence-corrected chi connectivity index (χ2v) is 4.60. The predicted octanol–water partition coefficient (Wildman–Crippen LogP) is 0.169. The van der Waals surface area contributed by atoms with E-state index in [1.54, 1.807) is 0 Å². The van der Waals surface area contributed by atoms with Crippen molar-refractivity contribution in [2.75, 3.05) is 33.4 Å². The molecule has 0 aromatic heterocycles. The molecular formula is C11H21N3O2. The van der Waals surface area contributed by atoms with Crippen LogP contribution in [-0.2, 0) is 4.74 Å². The van der Waals surface area contributed by atoms with Crippen LogP contribution in [0.4, 0.5) is 4.79 Å². The first kappa shape index (κ1) is 11.7. The molecule has 2 aliphatic rings. The molecule has 2 rings (SSSR count). The molecule has 5 heteroatoms. The first-order valence-corrected chi connectivity index (χ1v) is 6.09. The van der Waals surface area contributed by atoms with Crippen LogP contribution in [0.25, 0.3) is 0 Å². The van der Waals surface area contributed by atoms with Crippen LogP contribution in [0.2, 0.25) is 0 Å². The fourth-order valence-electron chi connectivity index (χ4n) is 2.28. The lowest BCUT2D eigenvalue weighted by Crippen LogP contribution is -2.50. The summed E-state index contributed by atoms with van der Waals surface area (Å²) in [4.78, 5) is 13.8. The lowest BCUT2D eigenvalue weighted by atomic mass is 10.1. The summed E-state index contributed by atoms with van der Waals surface area (Å²) in [5.74, 6) is 0. The van der Waals surface area contributed by atoms with Crippen molar-refractivity contribution >= 4 is 6.03 Å². The van der Waals surface area contributed by atoms with Gasteiger partial charge in [0.05, 0.1) is 12.6 Å². The second-order valence-electron chi connectivity index (χ2n) is 4.60. The van der Waals surface area contributed by atoms with E-state index in [1.807, 2.05) is 11.9 Å². The Morgan fingerprint density at radius 3 is 2.75 bits per heavy atom. The fourth-order valence-corrected chi connectivity index (χ4v) is 2.28. The first-order chi connectivity index (χ1) is 7.77. The van der Waals surface area contributed by atoms with Gasteiger partial charge in [0.25, 0.3) is 0 Å². The highest BCUT2D eigenvalue weighted by molar-refractivity contribution is 5.74. The number of carbonyl (C=O) groups is 1. The third-order valence-corrected chi connectivity index (χ3v) is 3.43. The molecule has 2 amide bonds. The van der Waals surface area contributed by atoms with E-state index in [2.05, 4.69) is 10.6 Å². The van der Waals surface area contributed by atoms with E-state index in [9.17, 15) is 4.79 Å². The third kappa shape index (κ3) is 2.86. The summed E-state index contributed by atoms with van der Waals surface area (Å²) in [6.07, 6.45) is 3.03. The number of hydrogen-bond donors (Lipinski definition) is 2. The van der Waals surface area contributed by atoms with Crippen LogP contribution in [0, 0.1) is 0 Å². The Labute approximate surface area is 96.5 Å². The molecule has 2 heterocycles. The monoisotopic (exact) mass is 227 g/mol. The van der Waals surface area contributed by atoms with Gasteiger partial charge in [-0.15, -0.1) is 0 Å². The van der Waals surface area contributed by atoms with Crippen molar-refractivity contribution in [3.8, 4) is 0 Å². The smallest absolute Gasteiger partial charge is 0.317 e. The Morgan fingerprint density at radius 1 is 1.38 bits per heavy atom. The average Bonchev–Trinajstić information content (AvgIpc) is 2.82. The molecule has 92 valence electrons. The Balaban J connectivity index is 1.78. The summed E-state index contributed by atoms with van der Waals surface area (Å²) in [7, 11) is 1.89. The second kappa shape index (κ2) is 5.50. The number of nitrogens with zero attached hydrogens (tertiary/aromatic N) is 1. The number of carbonyl (C=O) groups excluding carboxylic acids is 1. The van der Waals surface area contributed by atoms with Gasteiger partial charge in [0.2, 0.25) is 0 Å². The lowest BCUT2D eigenvalue weighted by molar-refractivity contribution is 0.165. The minimum Gasteiger partial charge on any atom is -0.379 e. The number of amides is 2.